The van der Waals surface area contributed by atoms with Crippen molar-refractivity contribution in [2.24, 2.45) is 0 Å². The van der Waals surface area contributed by atoms with Gasteiger partial charge in [0, 0.05) is 29.5 Å². The minimum absolute atomic E-state index is 0.0828. The van der Waals surface area contributed by atoms with E-state index in [4.69, 9.17) is 16.1 Å². The number of hydrogen-bond acceptors (Lipinski definition) is 6. The van der Waals surface area contributed by atoms with Gasteiger partial charge in [-0.25, -0.2) is 8.42 Å². The van der Waals surface area contributed by atoms with Gasteiger partial charge in [-0.15, -0.1) is 0 Å². The van der Waals surface area contributed by atoms with Crippen molar-refractivity contribution < 1.29 is 22.8 Å². The van der Waals surface area contributed by atoms with E-state index in [0.717, 1.165) is 6.26 Å². The van der Waals surface area contributed by atoms with Crippen LogP contribution in [0.4, 0.5) is 0 Å². The Bertz CT molecular complexity index is 1110. The van der Waals surface area contributed by atoms with Crippen LogP contribution in [0.25, 0.3) is 11.3 Å². The van der Waals surface area contributed by atoms with Gasteiger partial charge in [-0.1, -0.05) is 35.0 Å². The summed E-state index contributed by atoms with van der Waals surface area (Å²) in [4.78, 5) is 12.4. The van der Waals surface area contributed by atoms with Crippen LogP contribution < -0.4 is 5.32 Å². The molecule has 2 aromatic carbocycles. The molecule has 9 heteroatoms. The van der Waals surface area contributed by atoms with Crippen LogP contribution in [-0.2, 0) is 9.84 Å². The first-order valence-electron chi connectivity index (χ1n) is 8.73. The Morgan fingerprint density at radius 1 is 1.21 bits per heavy atom. The largest absolute Gasteiger partial charge is 0.388 e. The number of nitrogens with zero attached hydrogens (tertiary/aromatic N) is 1. The van der Waals surface area contributed by atoms with Crippen LogP contribution in [0.1, 0.15) is 28.6 Å². The molecule has 3 aromatic rings. The first-order valence-corrected chi connectivity index (χ1v) is 11.0. The summed E-state index contributed by atoms with van der Waals surface area (Å²) in [6.07, 6.45) is 0.611. The molecule has 0 spiro atoms. The van der Waals surface area contributed by atoms with Crippen molar-refractivity contribution in [2.75, 3.05) is 12.8 Å². The second-order valence-corrected chi connectivity index (χ2v) is 8.88. The molecule has 0 bridgehead atoms. The third-order valence-corrected chi connectivity index (χ3v) is 5.75. The fourth-order valence-electron chi connectivity index (χ4n) is 2.70. The molecule has 1 heterocycles. The highest BCUT2D eigenvalue weighted by Gasteiger charge is 2.16. The maximum absolute atomic E-state index is 12.2. The van der Waals surface area contributed by atoms with Gasteiger partial charge in [0.15, 0.2) is 21.3 Å². The molecule has 1 atom stereocenters. The summed E-state index contributed by atoms with van der Waals surface area (Å²) >= 11 is 6.05. The van der Waals surface area contributed by atoms with Crippen LogP contribution in [-0.4, -0.2) is 37.4 Å². The zero-order valence-corrected chi connectivity index (χ0v) is 17.1. The zero-order chi connectivity index (χ0) is 21.0. The third kappa shape index (κ3) is 5.23. The molecule has 0 fully saturated rings. The molecule has 3 rings (SSSR count). The molecule has 0 aliphatic carbocycles. The fourth-order valence-corrected chi connectivity index (χ4v) is 3.59. The van der Waals surface area contributed by atoms with Crippen molar-refractivity contribution in [2.45, 2.75) is 17.4 Å². The van der Waals surface area contributed by atoms with Crippen LogP contribution in [0, 0.1) is 0 Å². The van der Waals surface area contributed by atoms with E-state index in [1.54, 1.807) is 36.4 Å². The monoisotopic (exact) mass is 434 g/mol. The number of aliphatic hydroxyl groups is 1. The fraction of sp³-hybridized carbons (Fsp3) is 0.200. The Kier molecular flexibility index (Phi) is 6.36. The minimum atomic E-state index is -3.29. The van der Waals surface area contributed by atoms with Gasteiger partial charge in [-0.3, -0.25) is 4.79 Å². The number of sulfone groups is 1. The second-order valence-electron chi connectivity index (χ2n) is 6.45. The maximum Gasteiger partial charge on any atom is 0.273 e. The van der Waals surface area contributed by atoms with Crippen molar-refractivity contribution in [1.29, 1.82) is 0 Å². The number of rotatable bonds is 7. The van der Waals surface area contributed by atoms with E-state index in [2.05, 4.69) is 10.5 Å². The summed E-state index contributed by atoms with van der Waals surface area (Å²) in [5.74, 6) is -0.106. The predicted octanol–water partition coefficient (Wildman–Crippen LogP) is 3.25. The van der Waals surface area contributed by atoms with E-state index < -0.39 is 21.8 Å². The number of aliphatic hydroxyl groups excluding tert-OH is 1. The van der Waals surface area contributed by atoms with Crippen molar-refractivity contribution in [3.63, 3.8) is 0 Å². The quantitative estimate of drug-likeness (QED) is 0.590. The SMILES string of the molecule is CS(=O)(=O)c1ccc(-c2cc(C(=O)NCCC(O)c3ccccc3Cl)no2)cc1. The summed E-state index contributed by atoms with van der Waals surface area (Å²) in [6, 6.07) is 14.5. The van der Waals surface area contributed by atoms with Gasteiger partial charge < -0.3 is 14.9 Å². The molecule has 29 heavy (non-hydrogen) atoms. The van der Waals surface area contributed by atoms with Crippen LogP contribution in [0.2, 0.25) is 5.02 Å². The molecule has 152 valence electrons. The van der Waals surface area contributed by atoms with Crippen molar-refractivity contribution in [3.8, 4) is 11.3 Å². The lowest BCUT2D eigenvalue weighted by molar-refractivity contribution is 0.0933. The highest BCUT2D eigenvalue weighted by molar-refractivity contribution is 7.90. The molecule has 7 nitrogen and oxygen atoms in total. The van der Waals surface area contributed by atoms with Crippen LogP contribution in [0.15, 0.2) is 64.0 Å². The highest BCUT2D eigenvalue weighted by atomic mass is 35.5. The van der Waals surface area contributed by atoms with Crippen molar-refractivity contribution >= 4 is 27.3 Å². The molecule has 0 radical (unpaired) electrons. The molecular formula is C20H19ClN2O5S. The average Bonchev–Trinajstić information content (AvgIpc) is 3.18. The Balaban J connectivity index is 1.59. The zero-order valence-electron chi connectivity index (χ0n) is 15.5. The van der Waals surface area contributed by atoms with E-state index >= 15 is 0 Å². The van der Waals surface area contributed by atoms with Gasteiger partial charge in [0.25, 0.3) is 5.91 Å². The second kappa shape index (κ2) is 8.77. The highest BCUT2D eigenvalue weighted by Crippen LogP contribution is 2.25. The van der Waals surface area contributed by atoms with Gasteiger partial charge in [-0.05, 0) is 42.3 Å². The predicted molar refractivity (Wildman–Crippen MR) is 108 cm³/mol. The number of halogens is 1. The van der Waals surface area contributed by atoms with Gasteiger partial charge in [-0.2, -0.15) is 0 Å². The number of carbonyl (C=O) groups excluding carboxylic acids is 1. The summed E-state index contributed by atoms with van der Waals surface area (Å²) < 4.78 is 28.2. The lowest BCUT2D eigenvalue weighted by Gasteiger charge is -2.12. The lowest BCUT2D eigenvalue weighted by Crippen LogP contribution is -2.25. The number of aromatic nitrogens is 1. The Morgan fingerprint density at radius 3 is 2.55 bits per heavy atom. The maximum atomic E-state index is 12.2. The smallest absolute Gasteiger partial charge is 0.273 e. The number of amides is 1. The van der Waals surface area contributed by atoms with Gasteiger partial charge in [0.1, 0.15) is 0 Å². The minimum Gasteiger partial charge on any atom is -0.388 e. The Hall–Kier alpha value is -2.68. The molecule has 2 N–H and O–H groups in total. The van der Waals surface area contributed by atoms with Gasteiger partial charge >= 0.3 is 0 Å². The number of carbonyl (C=O) groups is 1. The van der Waals surface area contributed by atoms with E-state index in [1.807, 2.05) is 0 Å². The summed E-state index contributed by atoms with van der Waals surface area (Å²) in [7, 11) is -3.29. The van der Waals surface area contributed by atoms with E-state index in [1.165, 1.54) is 18.2 Å². The van der Waals surface area contributed by atoms with Crippen LogP contribution in [0.3, 0.4) is 0 Å². The molecule has 0 saturated heterocycles. The van der Waals surface area contributed by atoms with E-state index in [9.17, 15) is 18.3 Å². The van der Waals surface area contributed by atoms with Gasteiger partial charge in [0.05, 0.1) is 11.0 Å². The van der Waals surface area contributed by atoms with E-state index in [-0.39, 0.29) is 23.6 Å². The average molecular weight is 435 g/mol. The van der Waals surface area contributed by atoms with Crippen LogP contribution >= 0.6 is 11.6 Å². The molecule has 1 unspecified atom stereocenters. The number of hydrogen-bond donors (Lipinski definition) is 2. The number of nitrogens with one attached hydrogen (secondary N) is 1. The first kappa shape index (κ1) is 21.0. The van der Waals surface area contributed by atoms with Crippen molar-refractivity contribution in [3.05, 3.63) is 70.9 Å². The summed E-state index contributed by atoms with van der Waals surface area (Å²) in [5, 5.41) is 17.1. The topological polar surface area (TPSA) is 110 Å². The van der Waals surface area contributed by atoms with Crippen LogP contribution in [0.5, 0.6) is 0 Å². The summed E-state index contributed by atoms with van der Waals surface area (Å²) in [5.41, 5.74) is 1.28. The molecular weight excluding hydrogens is 416 g/mol. The third-order valence-electron chi connectivity index (χ3n) is 4.28. The molecule has 0 aliphatic heterocycles. The standard InChI is InChI=1S/C20H19ClN2O5S/c1-29(26,27)14-8-6-13(7-9-14)19-12-17(23-28-19)20(25)22-11-10-18(24)15-4-2-3-5-16(15)21/h2-9,12,18,24H,10-11H2,1H3,(H,22,25). The Morgan fingerprint density at radius 2 is 1.90 bits per heavy atom. The van der Waals surface area contributed by atoms with Gasteiger partial charge in [0.2, 0.25) is 0 Å². The number of benzene rings is 2. The summed E-state index contributed by atoms with van der Waals surface area (Å²) in [6.45, 7) is 0.219. The van der Waals surface area contributed by atoms with Crippen molar-refractivity contribution in [1.82, 2.24) is 10.5 Å². The van der Waals surface area contributed by atoms with E-state index in [0.29, 0.717) is 21.9 Å². The Labute approximate surface area is 173 Å². The molecule has 0 saturated carbocycles. The molecule has 1 aromatic heterocycles. The first-order chi connectivity index (χ1) is 13.8. The normalized spacial score (nSPS) is 12.5. The molecule has 0 aliphatic rings. The lowest BCUT2D eigenvalue weighted by atomic mass is 10.1. The molecule has 1 amide bonds.